The number of aryl methyl sites for hydroxylation is 1. The van der Waals surface area contributed by atoms with Gasteiger partial charge in [0, 0.05) is 6.54 Å². The molecular weight excluding hydrogens is 197 g/mol. The summed E-state index contributed by atoms with van der Waals surface area (Å²) in [6.07, 6.45) is -2.86. The minimum Gasteiger partial charge on any atom is -0.302 e. The van der Waals surface area contributed by atoms with Crippen LogP contribution in [0.15, 0.2) is 6.33 Å². The number of nitrogens with zero attached hydrogens (tertiary/aromatic N) is 3. The third kappa shape index (κ3) is 3.33. The molecular formula is C7H11F3N4. The van der Waals surface area contributed by atoms with Gasteiger partial charge in [-0.05, 0) is 6.92 Å². The molecule has 80 valence electrons. The van der Waals surface area contributed by atoms with E-state index in [4.69, 9.17) is 0 Å². The van der Waals surface area contributed by atoms with Crippen molar-refractivity contribution < 1.29 is 13.2 Å². The normalized spacial score (nSPS) is 12.0. The highest BCUT2D eigenvalue weighted by atomic mass is 19.4. The van der Waals surface area contributed by atoms with Crippen LogP contribution >= 0.6 is 0 Å². The lowest BCUT2D eigenvalue weighted by atomic mass is 10.5. The number of hydrogen-bond acceptors (Lipinski definition) is 3. The first-order valence-electron chi connectivity index (χ1n) is 4.17. The van der Waals surface area contributed by atoms with Gasteiger partial charge >= 0.3 is 6.18 Å². The Morgan fingerprint density at radius 2 is 2.21 bits per heavy atom. The third-order valence-electron chi connectivity index (χ3n) is 1.60. The van der Waals surface area contributed by atoms with Crippen molar-refractivity contribution >= 4 is 0 Å². The molecule has 7 heteroatoms. The van der Waals surface area contributed by atoms with Gasteiger partial charge in [0.05, 0.1) is 13.1 Å². The van der Waals surface area contributed by atoms with Crippen LogP contribution in [0, 0.1) is 0 Å². The van der Waals surface area contributed by atoms with Crippen molar-refractivity contribution in [2.24, 2.45) is 0 Å². The summed E-state index contributed by atoms with van der Waals surface area (Å²) in [7, 11) is 0. The zero-order chi connectivity index (χ0) is 10.6. The zero-order valence-corrected chi connectivity index (χ0v) is 7.67. The highest BCUT2D eigenvalue weighted by Gasteiger charge is 2.26. The molecule has 0 aliphatic rings. The van der Waals surface area contributed by atoms with Crippen LogP contribution in [0.25, 0.3) is 0 Å². The monoisotopic (exact) mass is 208 g/mol. The van der Waals surface area contributed by atoms with Crippen LogP contribution in [0.3, 0.4) is 0 Å². The van der Waals surface area contributed by atoms with E-state index in [9.17, 15) is 13.2 Å². The quantitative estimate of drug-likeness (QED) is 0.801. The molecule has 0 aliphatic heterocycles. The molecule has 1 aromatic heterocycles. The van der Waals surface area contributed by atoms with Crippen LogP contribution in [-0.4, -0.2) is 27.5 Å². The lowest BCUT2D eigenvalue weighted by Gasteiger charge is -2.07. The number of hydrogen-bond donors (Lipinski definition) is 1. The maximum atomic E-state index is 11.8. The summed E-state index contributed by atoms with van der Waals surface area (Å²) in [5.41, 5.74) is 0. The van der Waals surface area contributed by atoms with Gasteiger partial charge in [-0.1, -0.05) is 0 Å². The standard InChI is InChI=1S/C7H11F3N4/c1-2-14-6(12-5-13-14)3-11-4-7(8,9)10/h5,11H,2-4H2,1H3. The minimum atomic E-state index is -4.18. The summed E-state index contributed by atoms with van der Waals surface area (Å²) in [5, 5.41) is 6.09. The SMILES string of the molecule is CCn1ncnc1CNCC(F)(F)F. The van der Waals surface area contributed by atoms with E-state index in [0.29, 0.717) is 12.4 Å². The molecule has 0 bridgehead atoms. The number of halogens is 3. The predicted molar refractivity (Wildman–Crippen MR) is 43.5 cm³/mol. The van der Waals surface area contributed by atoms with Crippen molar-refractivity contribution in [2.45, 2.75) is 26.2 Å². The summed E-state index contributed by atoms with van der Waals surface area (Å²) < 4.78 is 36.8. The second-order valence-corrected chi connectivity index (χ2v) is 2.71. The Balaban J connectivity index is 2.38. The minimum absolute atomic E-state index is 0.0767. The Morgan fingerprint density at radius 1 is 1.50 bits per heavy atom. The molecule has 4 nitrogen and oxygen atoms in total. The Hall–Kier alpha value is -1.11. The maximum absolute atomic E-state index is 11.8. The lowest BCUT2D eigenvalue weighted by Crippen LogP contribution is -2.29. The van der Waals surface area contributed by atoms with Crippen molar-refractivity contribution in [3.63, 3.8) is 0 Å². The molecule has 1 N–H and O–H groups in total. The van der Waals surface area contributed by atoms with Gasteiger partial charge in [0.15, 0.2) is 0 Å². The smallest absolute Gasteiger partial charge is 0.302 e. The molecule has 0 unspecified atom stereocenters. The number of alkyl halides is 3. The van der Waals surface area contributed by atoms with E-state index in [0.717, 1.165) is 0 Å². The van der Waals surface area contributed by atoms with Crippen molar-refractivity contribution in [3.8, 4) is 0 Å². The van der Waals surface area contributed by atoms with E-state index in [1.54, 1.807) is 4.68 Å². The zero-order valence-electron chi connectivity index (χ0n) is 7.67. The third-order valence-corrected chi connectivity index (χ3v) is 1.60. The summed E-state index contributed by atoms with van der Waals surface area (Å²) in [4.78, 5) is 3.83. The Labute approximate surface area is 79.1 Å². The molecule has 0 amide bonds. The number of aromatic nitrogens is 3. The Morgan fingerprint density at radius 3 is 2.79 bits per heavy atom. The molecule has 0 saturated heterocycles. The van der Waals surface area contributed by atoms with E-state index in [2.05, 4.69) is 15.4 Å². The van der Waals surface area contributed by atoms with Gasteiger partial charge in [0.1, 0.15) is 12.2 Å². The molecule has 0 fully saturated rings. The average molecular weight is 208 g/mol. The number of nitrogens with one attached hydrogen (secondary N) is 1. The van der Waals surface area contributed by atoms with Crippen LogP contribution in [0.2, 0.25) is 0 Å². The fourth-order valence-corrected chi connectivity index (χ4v) is 1.01. The van der Waals surface area contributed by atoms with E-state index < -0.39 is 12.7 Å². The first-order chi connectivity index (χ1) is 6.53. The fraction of sp³-hybridized carbons (Fsp3) is 0.714. The highest BCUT2D eigenvalue weighted by molar-refractivity contribution is 4.83. The largest absolute Gasteiger partial charge is 0.401 e. The molecule has 0 radical (unpaired) electrons. The van der Waals surface area contributed by atoms with Gasteiger partial charge < -0.3 is 5.32 Å². The first kappa shape index (κ1) is 11.0. The molecule has 0 aromatic carbocycles. The van der Waals surface area contributed by atoms with Gasteiger partial charge in [-0.2, -0.15) is 18.3 Å². The van der Waals surface area contributed by atoms with Crippen molar-refractivity contribution in [3.05, 3.63) is 12.2 Å². The summed E-state index contributed by atoms with van der Waals surface area (Å²) in [6, 6.07) is 0. The van der Waals surface area contributed by atoms with Crippen LogP contribution in [0.5, 0.6) is 0 Å². The van der Waals surface area contributed by atoms with Crippen LogP contribution < -0.4 is 5.32 Å². The van der Waals surface area contributed by atoms with E-state index in [1.807, 2.05) is 6.92 Å². The summed E-state index contributed by atoms with van der Waals surface area (Å²) >= 11 is 0. The Kier molecular flexibility index (Phi) is 3.45. The molecule has 0 saturated carbocycles. The predicted octanol–water partition coefficient (Wildman–Crippen LogP) is 0.950. The van der Waals surface area contributed by atoms with E-state index >= 15 is 0 Å². The van der Waals surface area contributed by atoms with Crippen LogP contribution in [0.1, 0.15) is 12.7 Å². The molecule has 14 heavy (non-hydrogen) atoms. The second-order valence-electron chi connectivity index (χ2n) is 2.71. The van der Waals surface area contributed by atoms with Gasteiger partial charge in [0.25, 0.3) is 0 Å². The lowest BCUT2D eigenvalue weighted by molar-refractivity contribution is -0.125. The van der Waals surface area contributed by atoms with Gasteiger partial charge in [-0.25, -0.2) is 9.67 Å². The van der Waals surface area contributed by atoms with Crippen molar-refractivity contribution in [1.82, 2.24) is 20.1 Å². The highest BCUT2D eigenvalue weighted by Crippen LogP contribution is 2.12. The molecule has 0 aliphatic carbocycles. The second kappa shape index (κ2) is 4.41. The fourth-order valence-electron chi connectivity index (χ4n) is 1.01. The summed E-state index contributed by atoms with van der Waals surface area (Å²) in [5.74, 6) is 0.511. The van der Waals surface area contributed by atoms with E-state index in [1.165, 1.54) is 6.33 Å². The molecule has 0 spiro atoms. The molecule has 1 heterocycles. The van der Waals surface area contributed by atoms with Crippen molar-refractivity contribution in [2.75, 3.05) is 6.54 Å². The van der Waals surface area contributed by atoms with Crippen molar-refractivity contribution in [1.29, 1.82) is 0 Å². The topological polar surface area (TPSA) is 42.7 Å². The first-order valence-corrected chi connectivity index (χ1v) is 4.17. The number of rotatable bonds is 4. The van der Waals surface area contributed by atoms with Gasteiger partial charge in [0.2, 0.25) is 0 Å². The van der Waals surface area contributed by atoms with Crippen LogP contribution in [0.4, 0.5) is 13.2 Å². The van der Waals surface area contributed by atoms with E-state index in [-0.39, 0.29) is 6.54 Å². The maximum Gasteiger partial charge on any atom is 0.401 e. The van der Waals surface area contributed by atoms with Gasteiger partial charge in [-0.15, -0.1) is 0 Å². The molecule has 0 atom stereocenters. The Bertz CT molecular complexity index is 281. The van der Waals surface area contributed by atoms with Crippen LogP contribution in [-0.2, 0) is 13.1 Å². The van der Waals surface area contributed by atoms with Gasteiger partial charge in [-0.3, -0.25) is 0 Å². The summed E-state index contributed by atoms with van der Waals surface area (Å²) in [6.45, 7) is 1.52. The molecule has 1 rings (SSSR count). The molecule has 1 aromatic rings. The average Bonchev–Trinajstić information content (AvgIpc) is 2.49.